The second-order valence-corrected chi connectivity index (χ2v) is 6.10. The fourth-order valence-electron chi connectivity index (χ4n) is 1.73. The van der Waals surface area contributed by atoms with Crippen LogP contribution in [-0.4, -0.2) is 10.2 Å². The van der Waals surface area contributed by atoms with E-state index in [4.69, 9.17) is 27.6 Å². The van der Waals surface area contributed by atoms with Crippen molar-refractivity contribution in [2.45, 2.75) is 11.0 Å². The zero-order valence-corrected chi connectivity index (χ0v) is 13.1. The quantitative estimate of drug-likeness (QED) is 0.603. The lowest BCUT2D eigenvalue weighted by Gasteiger charge is -1.98. The van der Waals surface area contributed by atoms with Crippen molar-refractivity contribution in [1.82, 2.24) is 10.2 Å². The Hall–Kier alpha value is -1.49. The van der Waals surface area contributed by atoms with Crippen molar-refractivity contribution in [1.29, 1.82) is 0 Å². The molecule has 3 nitrogen and oxygen atoms in total. The number of thioether (sulfide) groups is 1. The van der Waals surface area contributed by atoms with E-state index in [1.54, 1.807) is 12.1 Å². The van der Waals surface area contributed by atoms with Gasteiger partial charge in [0.1, 0.15) is 0 Å². The smallest absolute Gasteiger partial charge is 0.277 e. The summed E-state index contributed by atoms with van der Waals surface area (Å²) in [4.78, 5) is 0. The third kappa shape index (κ3) is 3.79. The van der Waals surface area contributed by atoms with Crippen molar-refractivity contribution in [3.8, 4) is 11.5 Å². The van der Waals surface area contributed by atoms with Gasteiger partial charge in [-0.05, 0) is 35.9 Å². The Morgan fingerprint density at radius 1 is 0.952 bits per heavy atom. The average Bonchev–Trinajstić information content (AvgIpc) is 2.96. The molecule has 0 spiro atoms. The molecule has 0 aliphatic rings. The van der Waals surface area contributed by atoms with Crippen LogP contribution < -0.4 is 0 Å². The SMILES string of the molecule is Clc1ccc(CSc2nnc(-c3cccc(Cl)c3)o2)cc1. The monoisotopic (exact) mass is 336 g/mol. The zero-order chi connectivity index (χ0) is 14.7. The summed E-state index contributed by atoms with van der Waals surface area (Å²) in [6, 6.07) is 15.0. The summed E-state index contributed by atoms with van der Waals surface area (Å²) in [6.07, 6.45) is 0. The molecule has 2 aromatic carbocycles. The van der Waals surface area contributed by atoms with Crippen LogP contribution in [0.5, 0.6) is 0 Å². The summed E-state index contributed by atoms with van der Waals surface area (Å²) in [5.74, 6) is 1.21. The number of rotatable bonds is 4. The van der Waals surface area contributed by atoms with E-state index in [2.05, 4.69) is 10.2 Å². The number of hydrogen-bond acceptors (Lipinski definition) is 4. The topological polar surface area (TPSA) is 38.9 Å². The van der Waals surface area contributed by atoms with Gasteiger partial charge in [-0.15, -0.1) is 10.2 Å². The standard InChI is InChI=1S/C15H10Cl2N2OS/c16-12-6-4-10(5-7-12)9-21-15-19-18-14(20-15)11-2-1-3-13(17)8-11/h1-8H,9H2. The van der Waals surface area contributed by atoms with Crippen molar-refractivity contribution < 1.29 is 4.42 Å². The van der Waals surface area contributed by atoms with E-state index in [1.165, 1.54) is 11.8 Å². The third-order valence-corrected chi connectivity index (χ3v) is 4.13. The van der Waals surface area contributed by atoms with Crippen LogP contribution in [0.2, 0.25) is 10.0 Å². The Morgan fingerprint density at radius 2 is 1.76 bits per heavy atom. The van der Waals surface area contributed by atoms with Crippen molar-refractivity contribution >= 4 is 35.0 Å². The minimum Gasteiger partial charge on any atom is -0.411 e. The van der Waals surface area contributed by atoms with Gasteiger partial charge in [0, 0.05) is 21.4 Å². The summed E-state index contributed by atoms with van der Waals surface area (Å²) >= 11 is 13.3. The van der Waals surface area contributed by atoms with Crippen LogP contribution in [-0.2, 0) is 5.75 Å². The number of hydrogen-bond donors (Lipinski definition) is 0. The highest BCUT2D eigenvalue weighted by atomic mass is 35.5. The van der Waals surface area contributed by atoms with Gasteiger partial charge < -0.3 is 4.42 Å². The second kappa shape index (κ2) is 6.52. The molecular weight excluding hydrogens is 327 g/mol. The first kappa shape index (κ1) is 14.4. The van der Waals surface area contributed by atoms with Crippen molar-refractivity contribution in [2.75, 3.05) is 0 Å². The Bertz CT molecular complexity index is 743. The maximum absolute atomic E-state index is 5.95. The van der Waals surface area contributed by atoms with E-state index >= 15 is 0 Å². The van der Waals surface area contributed by atoms with Crippen LogP contribution in [0, 0.1) is 0 Å². The highest BCUT2D eigenvalue weighted by Gasteiger charge is 2.09. The van der Waals surface area contributed by atoms with E-state index < -0.39 is 0 Å². The van der Waals surface area contributed by atoms with Gasteiger partial charge in [0.05, 0.1) is 0 Å². The first-order valence-electron chi connectivity index (χ1n) is 6.17. The second-order valence-electron chi connectivity index (χ2n) is 4.30. The van der Waals surface area contributed by atoms with Crippen molar-refractivity contribution in [3.05, 3.63) is 64.1 Å². The molecule has 21 heavy (non-hydrogen) atoms. The van der Waals surface area contributed by atoms with Gasteiger partial charge in [0.25, 0.3) is 5.22 Å². The van der Waals surface area contributed by atoms with E-state index in [0.29, 0.717) is 16.1 Å². The predicted molar refractivity (Wildman–Crippen MR) is 85.8 cm³/mol. The number of nitrogens with zero attached hydrogens (tertiary/aromatic N) is 2. The van der Waals surface area contributed by atoms with E-state index in [1.807, 2.05) is 36.4 Å². The molecule has 0 amide bonds. The molecular formula is C15H10Cl2N2OS. The molecule has 0 aliphatic heterocycles. The van der Waals surface area contributed by atoms with Gasteiger partial charge >= 0.3 is 0 Å². The molecule has 106 valence electrons. The Balaban J connectivity index is 1.69. The minimum absolute atomic E-state index is 0.469. The summed E-state index contributed by atoms with van der Waals surface area (Å²) < 4.78 is 5.63. The van der Waals surface area contributed by atoms with Gasteiger partial charge in [0.15, 0.2) is 0 Å². The van der Waals surface area contributed by atoms with Gasteiger partial charge in [-0.1, -0.05) is 53.2 Å². The van der Waals surface area contributed by atoms with Gasteiger partial charge in [-0.3, -0.25) is 0 Å². The molecule has 0 unspecified atom stereocenters. The molecule has 1 heterocycles. The van der Waals surface area contributed by atoms with E-state index in [0.717, 1.165) is 21.9 Å². The Morgan fingerprint density at radius 3 is 2.52 bits per heavy atom. The largest absolute Gasteiger partial charge is 0.411 e. The molecule has 6 heteroatoms. The molecule has 0 radical (unpaired) electrons. The lowest BCUT2D eigenvalue weighted by Crippen LogP contribution is -1.79. The normalized spacial score (nSPS) is 10.8. The molecule has 0 aliphatic carbocycles. The summed E-state index contributed by atoms with van der Waals surface area (Å²) in [5.41, 5.74) is 1.96. The van der Waals surface area contributed by atoms with Crippen LogP contribution >= 0.6 is 35.0 Å². The third-order valence-electron chi connectivity index (χ3n) is 2.75. The van der Waals surface area contributed by atoms with Gasteiger partial charge in [-0.2, -0.15) is 0 Å². The van der Waals surface area contributed by atoms with Crippen LogP contribution in [0.15, 0.2) is 58.2 Å². The number of aromatic nitrogens is 2. The van der Waals surface area contributed by atoms with Crippen LogP contribution in [0.25, 0.3) is 11.5 Å². The molecule has 3 aromatic rings. The molecule has 0 atom stereocenters. The maximum Gasteiger partial charge on any atom is 0.277 e. The number of halogens is 2. The molecule has 0 saturated carbocycles. The maximum atomic E-state index is 5.95. The van der Waals surface area contributed by atoms with Gasteiger partial charge in [0.2, 0.25) is 5.89 Å². The van der Waals surface area contributed by atoms with Crippen molar-refractivity contribution in [2.24, 2.45) is 0 Å². The first-order chi connectivity index (χ1) is 10.2. The molecule has 0 N–H and O–H groups in total. The molecule has 0 fully saturated rings. The fourth-order valence-corrected chi connectivity index (χ4v) is 2.77. The fraction of sp³-hybridized carbons (Fsp3) is 0.0667. The van der Waals surface area contributed by atoms with Crippen molar-refractivity contribution in [3.63, 3.8) is 0 Å². The highest BCUT2D eigenvalue weighted by Crippen LogP contribution is 2.27. The zero-order valence-electron chi connectivity index (χ0n) is 10.8. The summed E-state index contributed by atoms with van der Waals surface area (Å²) in [7, 11) is 0. The van der Waals surface area contributed by atoms with E-state index in [-0.39, 0.29) is 0 Å². The summed E-state index contributed by atoms with van der Waals surface area (Å²) in [5, 5.41) is 9.96. The van der Waals surface area contributed by atoms with Crippen LogP contribution in [0.3, 0.4) is 0 Å². The van der Waals surface area contributed by atoms with Crippen LogP contribution in [0.4, 0.5) is 0 Å². The molecule has 0 bridgehead atoms. The lowest BCUT2D eigenvalue weighted by atomic mass is 10.2. The summed E-state index contributed by atoms with van der Waals surface area (Å²) in [6.45, 7) is 0. The minimum atomic E-state index is 0.469. The molecule has 3 rings (SSSR count). The Kier molecular flexibility index (Phi) is 4.48. The van der Waals surface area contributed by atoms with Gasteiger partial charge in [-0.25, -0.2) is 0 Å². The number of benzene rings is 2. The first-order valence-corrected chi connectivity index (χ1v) is 7.91. The predicted octanol–water partition coefficient (Wildman–Crippen LogP) is 5.34. The average molecular weight is 337 g/mol. The Labute approximate surface area is 136 Å². The highest BCUT2D eigenvalue weighted by molar-refractivity contribution is 7.98. The lowest BCUT2D eigenvalue weighted by molar-refractivity contribution is 0.466. The van der Waals surface area contributed by atoms with Crippen LogP contribution in [0.1, 0.15) is 5.56 Å². The van der Waals surface area contributed by atoms with E-state index in [9.17, 15) is 0 Å². The molecule has 1 aromatic heterocycles. The molecule has 0 saturated heterocycles.